The van der Waals surface area contributed by atoms with Crippen LogP contribution in [0.1, 0.15) is 24.8 Å². The fourth-order valence-corrected chi connectivity index (χ4v) is 10.9. The standard InChI is InChI=1S/C29H28ClF4N6O4P.C7H12FN/c1-42-27-36-25-19(10-35-24(23(25)31)18-4-2-5-20(30)22(18)29(32,33)34)26(37-27)38-8-9-40(28(13-38)14-43-15-28)21(41)6-3-7-39-16-45-12-17(39)11-44-45;8-6-4-7-2-1-3-9(7)5-6/h2-6,10,17H,7-9,11-16H2,1H3;6-7H,1-5H2/b6-3+;. The highest BCUT2D eigenvalue weighted by Gasteiger charge is 2.50. The van der Waals surface area contributed by atoms with Gasteiger partial charge in [0.25, 0.3) is 0 Å². The van der Waals surface area contributed by atoms with Gasteiger partial charge >= 0.3 is 12.2 Å². The first-order chi connectivity index (χ1) is 25.9. The molecule has 1 amide bonds. The number of aromatic nitrogens is 3. The molecule has 0 radical (unpaired) electrons. The number of hydrogen-bond donors (Lipinski definition) is 0. The number of pyridine rings is 1. The molecular weight excluding hydrogens is 756 g/mol. The summed E-state index contributed by atoms with van der Waals surface area (Å²) in [4.78, 5) is 34.4. The Balaban J connectivity index is 0.000000399. The molecule has 0 N–H and O–H groups in total. The predicted octanol–water partition coefficient (Wildman–Crippen LogP) is 5.75. The molecule has 2 aromatic heterocycles. The molecule has 11 nitrogen and oxygen atoms in total. The number of methoxy groups -OCH3 is 1. The van der Waals surface area contributed by atoms with Gasteiger partial charge in [-0.05, 0) is 31.9 Å². The SMILES string of the molecule is COc1nc(N2CCN(C(=O)/C=C/CN3CP4CC3CO4)C3(COC3)C2)c2cnc(-c3cccc(Cl)c3C(F)(F)F)c(F)c2n1.FC1CC2CCCN2C1. The average molecular weight is 796 g/mol. The van der Waals surface area contributed by atoms with E-state index in [0.717, 1.165) is 44.2 Å². The first kappa shape index (κ1) is 37.6. The van der Waals surface area contributed by atoms with Gasteiger partial charge in [-0.3, -0.25) is 19.6 Å². The molecule has 6 aliphatic rings. The van der Waals surface area contributed by atoms with Crippen LogP contribution in [0.3, 0.4) is 0 Å². The molecule has 1 aromatic carbocycles. The average Bonchev–Trinajstić information content (AvgIpc) is 3.93. The number of alkyl halides is 4. The summed E-state index contributed by atoms with van der Waals surface area (Å²) in [6, 6.07) is 4.37. The van der Waals surface area contributed by atoms with Crippen LogP contribution in [-0.4, -0.2) is 138 Å². The minimum atomic E-state index is -4.85. The Morgan fingerprint density at radius 3 is 2.70 bits per heavy atom. The summed E-state index contributed by atoms with van der Waals surface area (Å²) in [5.41, 5.74) is -3.14. The van der Waals surface area contributed by atoms with Gasteiger partial charge in [0.1, 0.15) is 28.7 Å². The highest BCUT2D eigenvalue weighted by atomic mass is 35.5. The highest BCUT2D eigenvalue weighted by Crippen LogP contribution is 2.51. The van der Waals surface area contributed by atoms with E-state index in [2.05, 4.69) is 24.8 Å². The number of piperazine rings is 1. The Hall–Kier alpha value is -3.27. The Morgan fingerprint density at radius 2 is 2.02 bits per heavy atom. The molecule has 1 spiro atoms. The van der Waals surface area contributed by atoms with Crippen LogP contribution >= 0.6 is 19.7 Å². The first-order valence-corrected chi connectivity index (χ1v) is 20.0. The number of carbonyl (C=O) groups is 1. The molecule has 3 aromatic rings. The summed E-state index contributed by atoms with van der Waals surface area (Å²) >= 11 is 5.89. The number of benzene rings is 1. The lowest BCUT2D eigenvalue weighted by Gasteiger charge is -2.55. The number of anilines is 1. The van der Waals surface area contributed by atoms with Gasteiger partial charge in [0.05, 0.1) is 42.9 Å². The minimum absolute atomic E-state index is 0.117. The van der Waals surface area contributed by atoms with E-state index in [1.807, 2.05) is 15.9 Å². The lowest BCUT2D eigenvalue weighted by Crippen LogP contribution is -2.72. The number of rotatable bonds is 6. The van der Waals surface area contributed by atoms with Gasteiger partial charge in [-0.15, -0.1) is 0 Å². The number of hydrogen-bond acceptors (Lipinski definition) is 10. The molecule has 18 heteroatoms. The molecule has 290 valence electrons. The lowest BCUT2D eigenvalue weighted by atomic mass is 9.91. The molecule has 4 atom stereocenters. The molecule has 0 aliphatic carbocycles. The third-order valence-corrected chi connectivity index (χ3v) is 13.5. The quantitative estimate of drug-likeness (QED) is 0.175. The van der Waals surface area contributed by atoms with Crippen molar-refractivity contribution in [2.45, 2.75) is 49.2 Å². The summed E-state index contributed by atoms with van der Waals surface area (Å²) in [5, 5.41) is -0.385. The van der Waals surface area contributed by atoms with Gasteiger partial charge in [0.15, 0.2) is 5.82 Å². The Kier molecular flexibility index (Phi) is 10.5. The monoisotopic (exact) mass is 795 g/mol. The maximum Gasteiger partial charge on any atom is 0.418 e. The van der Waals surface area contributed by atoms with Crippen LogP contribution in [-0.2, 0) is 20.2 Å². The number of fused-ring (bicyclic) bond motifs is 4. The van der Waals surface area contributed by atoms with E-state index in [4.69, 9.17) is 25.6 Å². The van der Waals surface area contributed by atoms with E-state index >= 15 is 4.39 Å². The van der Waals surface area contributed by atoms with E-state index < -0.39 is 45.5 Å². The van der Waals surface area contributed by atoms with E-state index in [1.54, 1.807) is 6.08 Å². The maximum absolute atomic E-state index is 16.1. The molecule has 6 fully saturated rings. The zero-order valence-corrected chi connectivity index (χ0v) is 31.2. The van der Waals surface area contributed by atoms with Crippen LogP contribution in [0.5, 0.6) is 6.01 Å². The van der Waals surface area contributed by atoms with Crippen molar-refractivity contribution in [3.8, 4) is 17.3 Å². The van der Waals surface area contributed by atoms with Crippen LogP contribution in [0.4, 0.5) is 27.8 Å². The van der Waals surface area contributed by atoms with E-state index in [0.29, 0.717) is 63.8 Å². The van der Waals surface area contributed by atoms with Crippen molar-refractivity contribution in [1.29, 1.82) is 0 Å². The van der Waals surface area contributed by atoms with Gasteiger partial charge < -0.3 is 23.8 Å². The van der Waals surface area contributed by atoms with Crippen LogP contribution in [0.25, 0.3) is 22.2 Å². The predicted molar refractivity (Wildman–Crippen MR) is 193 cm³/mol. The summed E-state index contributed by atoms with van der Waals surface area (Å²) in [7, 11) is 0.963. The fourth-order valence-electron chi connectivity index (χ4n) is 8.42. The molecular formula is C36H40ClF5N7O4P. The zero-order valence-electron chi connectivity index (χ0n) is 29.6. The zero-order chi connectivity index (χ0) is 37.8. The molecule has 54 heavy (non-hydrogen) atoms. The van der Waals surface area contributed by atoms with Crippen molar-refractivity contribution in [2.75, 3.05) is 83.5 Å². The Bertz CT molecular complexity index is 1930. The number of halogens is 6. The normalized spacial score (nSPS) is 26.4. The summed E-state index contributed by atoms with van der Waals surface area (Å²) in [6.07, 6.45) is 4.77. The third-order valence-electron chi connectivity index (χ3n) is 11.1. The smallest absolute Gasteiger partial charge is 0.418 e. The topological polar surface area (TPSA) is 96.4 Å². The highest BCUT2D eigenvalue weighted by molar-refractivity contribution is 7.53. The number of carbonyl (C=O) groups excluding carboxylic acids is 1. The summed E-state index contributed by atoms with van der Waals surface area (Å²) in [6.45, 7) is 4.95. The molecule has 4 unspecified atom stereocenters. The van der Waals surface area contributed by atoms with Crippen molar-refractivity contribution in [3.63, 3.8) is 0 Å². The van der Waals surface area contributed by atoms with Crippen LogP contribution in [0, 0.1) is 5.82 Å². The van der Waals surface area contributed by atoms with Crippen molar-refractivity contribution in [2.24, 2.45) is 0 Å². The number of nitrogens with zero attached hydrogens (tertiary/aromatic N) is 7. The first-order valence-electron chi connectivity index (χ1n) is 18.0. The van der Waals surface area contributed by atoms with Crippen LogP contribution < -0.4 is 9.64 Å². The second kappa shape index (κ2) is 15.0. The second-order valence-corrected chi connectivity index (χ2v) is 16.8. The van der Waals surface area contributed by atoms with Gasteiger partial charge in [-0.1, -0.05) is 29.8 Å². The molecule has 9 rings (SSSR count). The van der Waals surface area contributed by atoms with Gasteiger partial charge in [-0.2, -0.15) is 23.1 Å². The summed E-state index contributed by atoms with van der Waals surface area (Å²) in [5.74, 6) is -0.894. The van der Waals surface area contributed by atoms with Crippen molar-refractivity contribution >= 4 is 42.4 Å². The largest absolute Gasteiger partial charge is 0.467 e. The molecule has 2 bridgehead atoms. The number of ether oxygens (including phenoxy) is 2. The summed E-state index contributed by atoms with van der Waals surface area (Å²) < 4.78 is 86.9. The van der Waals surface area contributed by atoms with Gasteiger partial charge in [-0.25, -0.2) is 8.78 Å². The van der Waals surface area contributed by atoms with Crippen LogP contribution in [0.2, 0.25) is 5.02 Å². The van der Waals surface area contributed by atoms with E-state index in [9.17, 15) is 22.4 Å². The van der Waals surface area contributed by atoms with Gasteiger partial charge in [0, 0.05) is 83.2 Å². The van der Waals surface area contributed by atoms with Gasteiger partial charge in [0.2, 0.25) is 5.91 Å². The second-order valence-electron chi connectivity index (χ2n) is 14.6. The molecule has 8 heterocycles. The Labute approximate surface area is 315 Å². The van der Waals surface area contributed by atoms with Crippen molar-refractivity contribution in [3.05, 3.63) is 53.0 Å². The van der Waals surface area contributed by atoms with Crippen molar-refractivity contribution in [1.82, 2.24) is 29.7 Å². The molecule has 6 aliphatic heterocycles. The lowest BCUT2D eigenvalue weighted by molar-refractivity contribution is -0.164. The number of amides is 1. The van der Waals surface area contributed by atoms with Crippen LogP contribution in [0.15, 0.2) is 36.5 Å². The minimum Gasteiger partial charge on any atom is -0.467 e. The van der Waals surface area contributed by atoms with Crippen molar-refractivity contribution < 1.29 is 40.7 Å². The fraction of sp³-hybridized carbons (Fsp3) is 0.556. The third kappa shape index (κ3) is 7.14. The van der Waals surface area contributed by atoms with E-state index in [1.165, 1.54) is 32.2 Å². The molecule has 0 saturated carbocycles. The van der Waals surface area contributed by atoms with E-state index in [-0.39, 0.29) is 31.0 Å². The molecule has 6 saturated heterocycles. The Morgan fingerprint density at radius 1 is 1.19 bits per heavy atom. The maximum atomic E-state index is 16.1.